The van der Waals surface area contributed by atoms with Crippen molar-refractivity contribution in [2.45, 2.75) is 10.9 Å². The molecule has 0 aliphatic rings. The molecule has 0 spiro atoms. The number of hydrogen-bond donors (Lipinski definition) is 0. The SMILES string of the molecule is O=C=Nc1ccc(OC(F)(F)C(Cl)Cl)c(Cl)c1. The van der Waals surface area contributed by atoms with E-state index in [0.29, 0.717) is 0 Å². The third kappa shape index (κ3) is 3.82. The summed E-state index contributed by atoms with van der Waals surface area (Å²) in [5.74, 6) is -0.326. The van der Waals surface area contributed by atoms with Crippen LogP contribution in [0.5, 0.6) is 5.75 Å². The fraction of sp³-hybridized carbons (Fsp3) is 0.222. The zero-order chi connectivity index (χ0) is 13.1. The third-order valence-corrected chi connectivity index (χ3v) is 2.39. The van der Waals surface area contributed by atoms with Crippen molar-refractivity contribution in [3.8, 4) is 5.75 Å². The van der Waals surface area contributed by atoms with Gasteiger partial charge in [0.05, 0.1) is 10.7 Å². The highest BCUT2D eigenvalue weighted by atomic mass is 35.5. The molecule has 0 aliphatic heterocycles. The van der Waals surface area contributed by atoms with Crippen LogP contribution in [0, 0.1) is 0 Å². The topological polar surface area (TPSA) is 38.7 Å². The lowest BCUT2D eigenvalue weighted by molar-refractivity contribution is -0.163. The largest absolute Gasteiger partial charge is 0.429 e. The van der Waals surface area contributed by atoms with Gasteiger partial charge in [0.1, 0.15) is 5.75 Å². The Kier molecular flexibility index (Phi) is 4.71. The minimum atomic E-state index is -3.78. The highest BCUT2D eigenvalue weighted by Gasteiger charge is 2.40. The zero-order valence-corrected chi connectivity index (χ0v) is 10.2. The molecule has 0 amide bonds. The standard InChI is InChI=1S/C9H4Cl3F2NO2/c10-6-3-5(15-4-16)1-2-7(6)17-9(13,14)8(11)12/h1-3,8H. The van der Waals surface area contributed by atoms with Gasteiger partial charge < -0.3 is 4.74 Å². The van der Waals surface area contributed by atoms with Crippen molar-refractivity contribution in [1.82, 2.24) is 0 Å². The van der Waals surface area contributed by atoms with E-state index in [1.165, 1.54) is 12.1 Å². The first-order chi connectivity index (χ1) is 7.86. The molecule has 0 aliphatic carbocycles. The number of isocyanates is 1. The predicted molar refractivity (Wildman–Crippen MR) is 60.3 cm³/mol. The first-order valence-electron chi connectivity index (χ1n) is 4.09. The number of ether oxygens (including phenoxy) is 1. The van der Waals surface area contributed by atoms with Gasteiger partial charge in [-0.1, -0.05) is 34.8 Å². The molecule has 0 fully saturated rings. The summed E-state index contributed by atoms with van der Waals surface area (Å²) >= 11 is 15.7. The Hall–Kier alpha value is -0.870. The lowest BCUT2D eigenvalue weighted by atomic mass is 10.3. The van der Waals surface area contributed by atoms with Crippen molar-refractivity contribution in [2.24, 2.45) is 4.99 Å². The Labute approximate surface area is 110 Å². The molecule has 8 heteroatoms. The van der Waals surface area contributed by atoms with Crippen molar-refractivity contribution in [1.29, 1.82) is 0 Å². The summed E-state index contributed by atoms with van der Waals surface area (Å²) in [6.45, 7) is 0. The van der Waals surface area contributed by atoms with Gasteiger partial charge in [-0.25, -0.2) is 4.79 Å². The Bertz CT molecular complexity index is 462. The van der Waals surface area contributed by atoms with E-state index < -0.39 is 10.9 Å². The van der Waals surface area contributed by atoms with Crippen LogP contribution in [0.3, 0.4) is 0 Å². The minimum Gasteiger partial charge on any atom is -0.429 e. The molecule has 0 bridgehead atoms. The molecule has 0 saturated heterocycles. The molecule has 0 aromatic heterocycles. The van der Waals surface area contributed by atoms with Crippen LogP contribution in [0.25, 0.3) is 0 Å². The number of hydrogen-bond acceptors (Lipinski definition) is 3. The maximum Gasteiger partial charge on any atom is 0.428 e. The van der Waals surface area contributed by atoms with Crippen molar-refractivity contribution >= 4 is 46.6 Å². The number of alkyl halides is 4. The van der Waals surface area contributed by atoms with Gasteiger partial charge in [-0.3, -0.25) is 0 Å². The lowest BCUT2D eigenvalue weighted by Crippen LogP contribution is -2.32. The second-order valence-corrected chi connectivity index (χ2v) is 4.29. The molecule has 0 unspecified atom stereocenters. The predicted octanol–water partition coefficient (Wildman–Crippen LogP) is 4.08. The molecular weight excluding hydrogens is 298 g/mol. The monoisotopic (exact) mass is 301 g/mol. The molecule has 1 rings (SSSR count). The summed E-state index contributed by atoms with van der Waals surface area (Å²) in [6, 6.07) is 3.53. The van der Waals surface area contributed by atoms with E-state index in [0.717, 1.165) is 12.1 Å². The maximum absolute atomic E-state index is 13.0. The Morgan fingerprint density at radius 3 is 2.53 bits per heavy atom. The van der Waals surface area contributed by atoms with E-state index in [1.807, 2.05) is 0 Å². The van der Waals surface area contributed by atoms with Gasteiger partial charge in [0.15, 0.2) is 0 Å². The highest BCUT2D eigenvalue weighted by Crippen LogP contribution is 2.35. The van der Waals surface area contributed by atoms with Gasteiger partial charge in [-0.2, -0.15) is 13.8 Å². The summed E-state index contributed by atoms with van der Waals surface area (Å²) < 4.78 is 30.3. The summed E-state index contributed by atoms with van der Waals surface area (Å²) in [5, 5.41) is -0.157. The van der Waals surface area contributed by atoms with E-state index in [2.05, 4.69) is 9.73 Å². The van der Waals surface area contributed by atoms with Gasteiger partial charge in [0.25, 0.3) is 0 Å². The molecule has 0 radical (unpaired) electrons. The van der Waals surface area contributed by atoms with Crippen LogP contribution < -0.4 is 4.74 Å². The molecule has 0 saturated carbocycles. The number of nitrogens with zero attached hydrogens (tertiary/aromatic N) is 1. The normalized spacial score (nSPS) is 11.2. The van der Waals surface area contributed by atoms with Crippen LogP contribution in [0.15, 0.2) is 23.2 Å². The first kappa shape index (κ1) is 14.2. The van der Waals surface area contributed by atoms with Crippen molar-refractivity contribution < 1.29 is 18.3 Å². The molecule has 1 aromatic rings. The quantitative estimate of drug-likeness (QED) is 0.477. The van der Waals surface area contributed by atoms with Gasteiger partial charge in [0.2, 0.25) is 10.9 Å². The molecule has 92 valence electrons. The lowest BCUT2D eigenvalue weighted by Gasteiger charge is -2.19. The third-order valence-electron chi connectivity index (χ3n) is 1.59. The fourth-order valence-electron chi connectivity index (χ4n) is 0.886. The van der Waals surface area contributed by atoms with E-state index in [1.54, 1.807) is 0 Å². The summed E-state index contributed by atoms with van der Waals surface area (Å²) in [4.78, 5) is 11.2. The maximum atomic E-state index is 13.0. The molecule has 0 atom stereocenters. The average Bonchev–Trinajstić information content (AvgIpc) is 2.22. The molecule has 0 N–H and O–H groups in total. The van der Waals surface area contributed by atoms with Crippen LogP contribution >= 0.6 is 34.8 Å². The molecular formula is C9H4Cl3F2NO2. The van der Waals surface area contributed by atoms with E-state index in [4.69, 9.17) is 34.8 Å². The van der Waals surface area contributed by atoms with Crippen LogP contribution in [-0.2, 0) is 4.79 Å². The van der Waals surface area contributed by atoms with Crippen molar-refractivity contribution in [2.75, 3.05) is 0 Å². The molecule has 17 heavy (non-hydrogen) atoms. The van der Waals surface area contributed by atoms with Gasteiger partial charge in [0, 0.05) is 0 Å². The number of aliphatic imine (C=N–C) groups is 1. The molecule has 1 aromatic carbocycles. The zero-order valence-electron chi connectivity index (χ0n) is 7.96. The van der Waals surface area contributed by atoms with Gasteiger partial charge in [-0.15, -0.1) is 0 Å². The van der Waals surface area contributed by atoms with Gasteiger partial charge >= 0.3 is 6.11 Å². The first-order valence-corrected chi connectivity index (χ1v) is 5.34. The Morgan fingerprint density at radius 2 is 2.06 bits per heavy atom. The number of rotatable bonds is 4. The van der Waals surface area contributed by atoms with Crippen molar-refractivity contribution in [3.05, 3.63) is 23.2 Å². The average molecular weight is 302 g/mol. The molecule has 3 nitrogen and oxygen atoms in total. The molecule has 0 heterocycles. The Morgan fingerprint density at radius 1 is 1.41 bits per heavy atom. The smallest absolute Gasteiger partial charge is 0.428 e. The van der Waals surface area contributed by atoms with E-state index in [9.17, 15) is 13.6 Å². The van der Waals surface area contributed by atoms with Crippen molar-refractivity contribution in [3.63, 3.8) is 0 Å². The highest BCUT2D eigenvalue weighted by molar-refractivity contribution is 6.44. The van der Waals surface area contributed by atoms with E-state index >= 15 is 0 Å². The van der Waals surface area contributed by atoms with Crippen LogP contribution in [0.1, 0.15) is 0 Å². The van der Waals surface area contributed by atoms with Crippen LogP contribution in [-0.4, -0.2) is 17.0 Å². The van der Waals surface area contributed by atoms with Gasteiger partial charge in [-0.05, 0) is 18.2 Å². The Balaban J connectivity index is 2.97. The summed E-state index contributed by atoms with van der Waals surface area (Å²) in [7, 11) is 0. The second-order valence-electron chi connectivity index (χ2n) is 2.78. The summed E-state index contributed by atoms with van der Waals surface area (Å²) in [6.07, 6.45) is -2.49. The number of halogens is 5. The van der Waals surface area contributed by atoms with Crippen LogP contribution in [0.2, 0.25) is 5.02 Å². The van der Waals surface area contributed by atoms with Crippen LogP contribution in [0.4, 0.5) is 14.5 Å². The minimum absolute atomic E-state index is 0.157. The number of benzene rings is 1. The van der Waals surface area contributed by atoms with E-state index in [-0.39, 0.29) is 16.5 Å². The number of carbonyl (C=O) groups excluding carboxylic acids is 1. The fourth-order valence-corrected chi connectivity index (χ4v) is 1.19. The summed E-state index contributed by atoms with van der Waals surface area (Å²) in [5.41, 5.74) is 0.161. The second kappa shape index (κ2) is 5.65.